The largest absolute Gasteiger partial charge is 0.497 e. The highest BCUT2D eigenvalue weighted by Crippen LogP contribution is 2.40. The number of hydrogen-bond acceptors (Lipinski definition) is 6. The van der Waals surface area contributed by atoms with Crippen LogP contribution < -0.4 is 4.74 Å². The molecule has 1 N–H and O–H groups in total. The zero-order valence-electron chi connectivity index (χ0n) is 14.6. The number of amides is 1. The van der Waals surface area contributed by atoms with E-state index in [0.29, 0.717) is 17.7 Å². The maximum absolute atomic E-state index is 12.2. The van der Waals surface area contributed by atoms with Crippen LogP contribution in [0.2, 0.25) is 0 Å². The molecule has 0 aliphatic carbocycles. The first kappa shape index (κ1) is 18.1. The first-order valence-electron chi connectivity index (χ1n) is 8.06. The molecule has 0 aliphatic rings. The van der Waals surface area contributed by atoms with Gasteiger partial charge in [0.2, 0.25) is 5.88 Å². The molecule has 2 aromatic carbocycles. The molecular weight excluding hydrogens is 352 g/mol. The molecule has 0 fully saturated rings. The zero-order chi connectivity index (χ0) is 19.6. The number of azo groups is 1. The second-order valence-corrected chi connectivity index (χ2v) is 5.61. The van der Waals surface area contributed by atoms with E-state index in [1.54, 1.807) is 22.8 Å². The zero-order valence-corrected chi connectivity index (χ0v) is 14.6. The van der Waals surface area contributed by atoms with Gasteiger partial charge < -0.3 is 14.4 Å². The van der Waals surface area contributed by atoms with Crippen LogP contribution in [0, 0.1) is 10.1 Å². The van der Waals surface area contributed by atoms with E-state index in [4.69, 9.17) is 4.74 Å². The van der Waals surface area contributed by atoms with E-state index in [-0.39, 0.29) is 22.8 Å². The number of hydrogen-bond donors (Lipinski definition) is 1. The predicted molar refractivity (Wildman–Crippen MR) is 97.8 cm³/mol. The Morgan fingerprint density at radius 3 is 2.56 bits per heavy atom. The number of aromatic nitrogens is 1. The Morgan fingerprint density at radius 2 is 1.96 bits per heavy atom. The van der Waals surface area contributed by atoms with E-state index in [0.717, 1.165) is 5.52 Å². The first-order valence-corrected chi connectivity index (χ1v) is 8.06. The van der Waals surface area contributed by atoms with E-state index in [2.05, 4.69) is 10.2 Å². The van der Waals surface area contributed by atoms with Gasteiger partial charge in [0, 0.05) is 29.6 Å². The summed E-state index contributed by atoms with van der Waals surface area (Å²) in [5.41, 5.74) is 0.911. The van der Waals surface area contributed by atoms with Crippen molar-refractivity contribution in [2.24, 2.45) is 10.2 Å². The Labute approximate surface area is 153 Å². The third kappa shape index (κ3) is 3.34. The highest BCUT2D eigenvalue weighted by atomic mass is 16.6. The first-order chi connectivity index (χ1) is 13.0. The summed E-state index contributed by atoms with van der Waals surface area (Å²) < 4.78 is 6.84. The van der Waals surface area contributed by atoms with Crippen LogP contribution in [0.5, 0.6) is 11.6 Å². The van der Waals surface area contributed by atoms with Gasteiger partial charge in [-0.25, -0.2) is 0 Å². The van der Waals surface area contributed by atoms with Gasteiger partial charge in [0.05, 0.1) is 17.5 Å². The third-order valence-corrected chi connectivity index (χ3v) is 4.10. The van der Waals surface area contributed by atoms with Crippen LogP contribution in [0.3, 0.4) is 0 Å². The average molecular weight is 368 g/mol. The lowest BCUT2D eigenvalue weighted by Gasteiger charge is -2.02. The molecule has 3 aromatic rings. The van der Waals surface area contributed by atoms with Crippen molar-refractivity contribution in [3.63, 3.8) is 0 Å². The Morgan fingerprint density at radius 1 is 1.26 bits per heavy atom. The lowest BCUT2D eigenvalue weighted by molar-refractivity contribution is -0.384. The predicted octanol–water partition coefficient (Wildman–Crippen LogP) is 4.21. The van der Waals surface area contributed by atoms with Crippen molar-refractivity contribution in [1.82, 2.24) is 4.57 Å². The SMILES string of the molecule is CCn1c(O)c(N=NC(=O)c2ccc([N+](=O)[O-])cc2)c2cc(OC)ccc21. The number of aryl methyl sites for hydroxylation is 1. The highest BCUT2D eigenvalue weighted by Gasteiger charge is 2.17. The molecule has 1 heterocycles. The minimum atomic E-state index is -0.676. The van der Waals surface area contributed by atoms with E-state index in [1.165, 1.54) is 31.4 Å². The molecule has 1 amide bonds. The summed E-state index contributed by atoms with van der Waals surface area (Å²) in [6, 6.07) is 10.3. The maximum Gasteiger partial charge on any atom is 0.295 e. The summed E-state index contributed by atoms with van der Waals surface area (Å²) in [4.78, 5) is 22.3. The van der Waals surface area contributed by atoms with Crippen molar-refractivity contribution in [2.75, 3.05) is 7.11 Å². The second-order valence-electron chi connectivity index (χ2n) is 5.61. The Hall–Kier alpha value is -3.75. The Bertz CT molecular complexity index is 1050. The van der Waals surface area contributed by atoms with Gasteiger partial charge in [0.1, 0.15) is 5.75 Å². The fourth-order valence-corrected chi connectivity index (χ4v) is 2.73. The Kier molecular flexibility index (Phi) is 4.84. The molecule has 1 aromatic heterocycles. The standard InChI is InChI=1S/C18H16N4O5/c1-3-21-15-9-8-13(27-2)10-14(15)16(18(21)24)19-20-17(23)11-4-6-12(7-5-11)22(25)26/h4-10,24H,3H2,1-2H3. The smallest absolute Gasteiger partial charge is 0.295 e. The number of nitrogens with zero attached hydrogens (tertiary/aromatic N) is 4. The van der Waals surface area contributed by atoms with Crippen LogP contribution in [-0.4, -0.2) is 27.6 Å². The summed E-state index contributed by atoms with van der Waals surface area (Å²) in [5, 5.41) is 29.3. The maximum atomic E-state index is 12.2. The molecule has 0 saturated carbocycles. The summed E-state index contributed by atoms with van der Waals surface area (Å²) in [5.74, 6) is -0.209. The fourth-order valence-electron chi connectivity index (χ4n) is 2.73. The van der Waals surface area contributed by atoms with Crippen LogP contribution in [0.4, 0.5) is 11.4 Å². The summed E-state index contributed by atoms with van der Waals surface area (Å²) in [6.45, 7) is 2.37. The van der Waals surface area contributed by atoms with E-state index in [1.807, 2.05) is 6.92 Å². The molecule has 0 aliphatic heterocycles. The van der Waals surface area contributed by atoms with Gasteiger partial charge in [0.15, 0.2) is 5.69 Å². The van der Waals surface area contributed by atoms with Crippen LogP contribution >= 0.6 is 0 Å². The molecular formula is C18H16N4O5. The highest BCUT2D eigenvalue weighted by molar-refractivity contribution is 5.98. The number of benzene rings is 2. The van der Waals surface area contributed by atoms with Gasteiger partial charge >= 0.3 is 0 Å². The van der Waals surface area contributed by atoms with Gasteiger partial charge in [-0.05, 0) is 37.3 Å². The summed E-state index contributed by atoms with van der Waals surface area (Å²) >= 11 is 0. The second kappa shape index (κ2) is 7.24. The lowest BCUT2D eigenvalue weighted by Crippen LogP contribution is -1.94. The summed E-state index contributed by atoms with van der Waals surface area (Å²) in [7, 11) is 1.52. The minimum absolute atomic E-state index is 0.110. The van der Waals surface area contributed by atoms with E-state index in [9.17, 15) is 20.0 Å². The monoisotopic (exact) mass is 368 g/mol. The van der Waals surface area contributed by atoms with Crippen LogP contribution in [0.1, 0.15) is 17.3 Å². The molecule has 0 bridgehead atoms. The number of rotatable bonds is 5. The molecule has 9 heteroatoms. The van der Waals surface area contributed by atoms with Gasteiger partial charge in [-0.3, -0.25) is 14.9 Å². The molecule has 0 radical (unpaired) electrons. The van der Waals surface area contributed by atoms with Crippen LogP contribution in [0.15, 0.2) is 52.7 Å². The molecule has 0 saturated heterocycles. The van der Waals surface area contributed by atoms with Crippen molar-refractivity contribution < 1.29 is 19.6 Å². The van der Waals surface area contributed by atoms with Crippen molar-refractivity contribution in [2.45, 2.75) is 13.5 Å². The van der Waals surface area contributed by atoms with Crippen molar-refractivity contribution >= 4 is 28.2 Å². The molecule has 9 nitrogen and oxygen atoms in total. The number of carbonyl (C=O) groups excluding carboxylic acids is 1. The molecule has 3 rings (SSSR count). The van der Waals surface area contributed by atoms with E-state index < -0.39 is 10.8 Å². The van der Waals surface area contributed by atoms with E-state index >= 15 is 0 Å². The summed E-state index contributed by atoms with van der Waals surface area (Å²) in [6.07, 6.45) is 0. The number of methoxy groups -OCH3 is 1. The molecule has 0 spiro atoms. The number of fused-ring (bicyclic) bond motifs is 1. The molecule has 0 atom stereocenters. The van der Waals surface area contributed by atoms with Crippen molar-refractivity contribution in [3.05, 3.63) is 58.1 Å². The van der Waals surface area contributed by atoms with Crippen molar-refractivity contribution in [1.29, 1.82) is 0 Å². The normalized spacial score (nSPS) is 11.2. The number of carbonyl (C=O) groups is 1. The lowest BCUT2D eigenvalue weighted by atomic mass is 10.2. The molecule has 0 unspecified atom stereocenters. The third-order valence-electron chi connectivity index (χ3n) is 4.10. The number of nitro benzene ring substituents is 1. The van der Waals surface area contributed by atoms with Gasteiger partial charge in [-0.15, -0.1) is 10.2 Å². The van der Waals surface area contributed by atoms with Gasteiger partial charge in [-0.1, -0.05) is 0 Å². The number of ether oxygens (including phenoxy) is 1. The van der Waals surface area contributed by atoms with Crippen LogP contribution in [0.25, 0.3) is 10.9 Å². The number of non-ortho nitro benzene ring substituents is 1. The van der Waals surface area contributed by atoms with Crippen molar-refractivity contribution in [3.8, 4) is 11.6 Å². The van der Waals surface area contributed by atoms with Crippen LogP contribution in [-0.2, 0) is 6.54 Å². The van der Waals surface area contributed by atoms with Gasteiger partial charge in [0.25, 0.3) is 11.6 Å². The van der Waals surface area contributed by atoms with Gasteiger partial charge in [-0.2, -0.15) is 0 Å². The number of aromatic hydroxyl groups is 1. The molecule has 138 valence electrons. The average Bonchev–Trinajstić information content (AvgIpc) is 2.95. The fraction of sp³-hybridized carbons (Fsp3) is 0.167. The topological polar surface area (TPSA) is 119 Å². The quantitative estimate of drug-likeness (QED) is 0.411. The Balaban J connectivity index is 1.98. The molecule has 27 heavy (non-hydrogen) atoms. The minimum Gasteiger partial charge on any atom is -0.497 e. The number of nitro groups is 1.